The lowest BCUT2D eigenvalue weighted by Gasteiger charge is -2.17. The predicted octanol–water partition coefficient (Wildman–Crippen LogP) is 2.88. The molecule has 0 radical (unpaired) electrons. The SMILES string of the molecule is CCCNC(=O)CN(C)CC(=O)Nc1ccccc1Oc1ccccc1. The number of nitrogens with zero attached hydrogens (tertiary/aromatic N) is 1. The fourth-order valence-corrected chi connectivity index (χ4v) is 2.33. The van der Waals surface area contributed by atoms with Gasteiger partial charge in [-0.3, -0.25) is 14.5 Å². The zero-order valence-corrected chi connectivity index (χ0v) is 15.2. The van der Waals surface area contributed by atoms with E-state index in [0.29, 0.717) is 23.7 Å². The van der Waals surface area contributed by atoms with Gasteiger partial charge in [0.1, 0.15) is 5.75 Å². The molecule has 0 saturated heterocycles. The summed E-state index contributed by atoms with van der Waals surface area (Å²) in [6, 6.07) is 16.6. The van der Waals surface area contributed by atoms with E-state index in [2.05, 4.69) is 10.6 Å². The van der Waals surface area contributed by atoms with Crippen molar-refractivity contribution < 1.29 is 14.3 Å². The van der Waals surface area contributed by atoms with Gasteiger partial charge in [0.15, 0.2) is 5.75 Å². The third kappa shape index (κ3) is 6.57. The highest BCUT2D eigenvalue weighted by atomic mass is 16.5. The van der Waals surface area contributed by atoms with Crippen LogP contribution in [-0.4, -0.2) is 43.4 Å². The second-order valence-electron chi connectivity index (χ2n) is 5.98. The summed E-state index contributed by atoms with van der Waals surface area (Å²) in [7, 11) is 1.73. The minimum atomic E-state index is -0.208. The van der Waals surface area contributed by atoms with Crippen molar-refractivity contribution >= 4 is 17.5 Å². The van der Waals surface area contributed by atoms with Crippen molar-refractivity contribution in [3.8, 4) is 11.5 Å². The lowest BCUT2D eigenvalue weighted by Crippen LogP contribution is -2.39. The average Bonchev–Trinajstić information content (AvgIpc) is 2.62. The highest BCUT2D eigenvalue weighted by molar-refractivity contribution is 5.94. The van der Waals surface area contributed by atoms with Crippen LogP contribution in [0.15, 0.2) is 54.6 Å². The van der Waals surface area contributed by atoms with E-state index in [1.54, 1.807) is 24.1 Å². The van der Waals surface area contributed by atoms with Gasteiger partial charge in [0.05, 0.1) is 18.8 Å². The van der Waals surface area contributed by atoms with Crippen LogP contribution >= 0.6 is 0 Å². The first kappa shape index (κ1) is 19.5. The van der Waals surface area contributed by atoms with Crippen molar-refractivity contribution in [3.05, 3.63) is 54.6 Å². The number of ether oxygens (including phenoxy) is 1. The fraction of sp³-hybridized carbons (Fsp3) is 0.300. The van der Waals surface area contributed by atoms with Crippen molar-refractivity contribution in [3.63, 3.8) is 0 Å². The van der Waals surface area contributed by atoms with Crippen LogP contribution in [0.25, 0.3) is 0 Å². The quantitative estimate of drug-likeness (QED) is 0.726. The molecule has 0 unspecified atom stereocenters. The first-order valence-corrected chi connectivity index (χ1v) is 8.65. The maximum atomic E-state index is 12.3. The Balaban J connectivity index is 1.91. The van der Waals surface area contributed by atoms with Gasteiger partial charge in [0.2, 0.25) is 11.8 Å². The molecule has 0 saturated carbocycles. The molecule has 0 spiro atoms. The number of anilines is 1. The summed E-state index contributed by atoms with van der Waals surface area (Å²) in [5, 5.41) is 5.63. The summed E-state index contributed by atoms with van der Waals surface area (Å²) in [5.74, 6) is 0.962. The summed E-state index contributed by atoms with van der Waals surface area (Å²) in [4.78, 5) is 25.7. The molecule has 2 aromatic carbocycles. The fourth-order valence-electron chi connectivity index (χ4n) is 2.33. The molecule has 2 aromatic rings. The molecular weight excluding hydrogens is 330 g/mol. The molecule has 0 heterocycles. The van der Waals surface area contributed by atoms with Gasteiger partial charge in [-0.2, -0.15) is 0 Å². The Morgan fingerprint density at radius 2 is 1.62 bits per heavy atom. The highest BCUT2D eigenvalue weighted by Crippen LogP contribution is 2.28. The Hall–Kier alpha value is -2.86. The molecule has 2 rings (SSSR count). The molecule has 2 amide bonds. The number of benzene rings is 2. The van der Waals surface area contributed by atoms with E-state index in [9.17, 15) is 9.59 Å². The number of hydrogen-bond donors (Lipinski definition) is 2. The van der Waals surface area contributed by atoms with E-state index in [4.69, 9.17) is 4.74 Å². The topological polar surface area (TPSA) is 70.7 Å². The van der Waals surface area contributed by atoms with Crippen molar-refractivity contribution in [2.45, 2.75) is 13.3 Å². The molecule has 0 atom stereocenters. The Kier molecular flexibility index (Phi) is 7.64. The maximum Gasteiger partial charge on any atom is 0.238 e. The summed E-state index contributed by atoms with van der Waals surface area (Å²) < 4.78 is 5.83. The minimum Gasteiger partial charge on any atom is -0.455 e. The lowest BCUT2D eigenvalue weighted by atomic mass is 10.2. The number of hydrogen-bond acceptors (Lipinski definition) is 4. The van der Waals surface area contributed by atoms with Crippen LogP contribution < -0.4 is 15.4 Å². The van der Waals surface area contributed by atoms with Gasteiger partial charge in [-0.15, -0.1) is 0 Å². The van der Waals surface area contributed by atoms with Gasteiger partial charge < -0.3 is 15.4 Å². The van der Waals surface area contributed by atoms with Gasteiger partial charge in [0.25, 0.3) is 0 Å². The van der Waals surface area contributed by atoms with Gasteiger partial charge in [-0.1, -0.05) is 37.3 Å². The van der Waals surface area contributed by atoms with Crippen molar-refractivity contribution in [1.29, 1.82) is 0 Å². The third-order valence-electron chi connectivity index (χ3n) is 3.53. The number of para-hydroxylation sites is 3. The van der Waals surface area contributed by atoms with Crippen LogP contribution in [0.2, 0.25) is 0 Å². The van der Waals surface area contributed by atoms with E-state index in [-0.39, 0.29) is 24.9 Å². The standard InChI is InChI=1S/C20H25N3O3/c1-3-13-21-19(24)14-23(2)15-20(25)22-17-11-7-8-12-18(17)26-16-9-5-4-6-10-16/h4-12H,3,13-15H2,1-2H3,(H,21,24)(H,22,25). The van der Waals surface area contributed by atoms with Crippen LogP contribution in [0.3, 0.4) is 0 Å². The van der Waals surface area contributed by atoms with Crippen LogP contribution in [0.4, 0.5) is 5.69 Å². The van der Waals surface area contributed by atoms with E-state index in [0.717, 1.165) is 6.42 Å². The highest BCUT2D eigenvalue weighted by Gasteiger charge is 2.12. The van der Waals surface area contributed by atoms with Crippen molar-refractivity contribution in [2.24, 2.45) is 0 Å². The molecular formula is C20H25N3O3. The van der Waals surface area contributed by atoms with Gasteiger partial charge >= 0.3 is 0 Å². The molecule has 0 aliphatic heterocycles. The average molecular weight is 355 g/mol. The molecule has 0 aliphatic rings. The molecule has 6 heteroatoms. The van der Waals surface area contributed by atoms with E-state index >= 15 is 0 Å². The third-order valence-corrected chi connectivity index (χ3v) is 3.53. The van der Waals surface area contributed by atoms with Gasteiger partial charge in [-0.25, -0.2) is 0 Å². The lowest BCUT2D eigenvalue weighted by molar-refractivity contribution is -0.122. The number of amides is 2. The number of carbonyl (C=O) groups is 2. The van der Waals surface area contributed by atoms with Crippen LogP contribution in [0.1, 0.15) is 13.3 Å². The molecule has 0 aliphatic carbocycles. The van der Waals surface area contributed by atoms with Crippen LogP contribution in [-0.2, 0) is 9.59 Å². The molecule has 0 fully saturated rings. The molecule has 6 nitrogen and oxygen atoms in total. The van der Waals surface area contributed by atoms with Gasteiger partial charge in [0, 0.05) is 6.54 Å². The maximum absolute atomic E-state index is 12.3. The van der Waals surface area contributed by atoms with Crippen molar-refractivity contribution in [1.82, 2.24) is 10.2 Å². The first-order chi connectivity index (χ1) is 12.6. The van der Waals surface area contributed by atoms with Crippen LogP contribution in [0.5, 0.6) is 11.5 Å². The Bertz CT molecular complexity index is 719. The molecule has 0 bridgehead atoms. The van der Waals surface area contributed by atoms with Crippen LogP contribution in [0, 0.1) is 0 Å². The summed E-state index contributed by atoms with van der Waals surface area (Å²) in [6.07, 6.45) is 0.883. The largest absolute Gasteiger partial charge is 0.455 e. The van der Waals surface area contributed by atoms with E-state index < -0.39 is 0 Å². The normalized spacial score (nSPS) is 10.4. The number of nitrogens with one attached hydrogen (secondary N) is 2. The molecule has 138 valence electrons. The smallest absolute Gasteiger partial charge is 0.238 e. The predicted molar refractivity (Wildman–Crippen MR) is 102 cm³/mol. The summed E-state index contributed by atoms with van der Waals surface area (Å²) in [5.41, 5.74) is 0.588. The first-order valence-electron chi connectivity index (χ1n) is 8.65. The minimum absolute atomic E-state index is 0.0880. The van der Waals surface area contributed by atoms with E-state index in [1.807, 2.05) is 49.4 Å². The second kappa shape index (κ2) is 10.2. The Morgan fingerprint density at radius 3 is 2.35 bits per heavy atom. The molecule has 2 N–H and O–H groups in total. The zero-order valence-electron chi connectivity index (χ0n) is 15.2. The van der Waals surface area contributed by atoms with Gasteiger partial charge in [-0.05, 0) is 37.7 Å². The molecule has 0 aromatic heterocycles. The van der Waals surface area contributed by atoms with E-state index in [1.165, 1.54) is 0 Å². The van der Waals surface area contributed by atoms with Crippen molar-refractivity contribution in [2.75, 3.05) is 32.0 Å². The monoisotopic (exact) mass is 355 g/mol. The number of carbonyl (C=O) groups excluding carboxylic acids is 2. The molecule has 26 heavy (non-hydrogen) atoms. The zero-order chi connectivity index (χ0) is 18.8. The number of rotatable bonds is 9. The Morgan fingerprint density at radius 1 is 0.962 bits per heavy atom. The Labute approximate surface area is 154 Å². The summed E-state index contributed by atoms with van der Waals surface area (Å²) >= 11 is 0. The second-order valence-corrected chi connectivity index (χ2v) is 5.98. The number of likely N-dealkylation sites (N-methyl/N-ethyl adjacent to an activating group) is 1. The summed E-state index contributed by atoms with van der Waals surface area (Å²) in [6.45, 7) is 2.92.